The van der Waals surface area contributed by atoms with Crippen LogP contribution in [-0.2, 0) is 6.54 Å². The lowest BCUT2D eigenvalue weighted by Gasteiger charge is -2.37. The van der Waals surface area contributed by atoms with E-state index in [-0.39, 0.29) is 0 Å². The Labute approximate surface area is 123 Å². The molecule has 0 radical (unpaired) electrons. The first-order chi connectivity index (χ1) is 9.26. The molecule has 1 N–H and O–H groups in total. The van der Waals surface area contributed by atoms with E-state index in [4.69, 9.17) is 11.6 Å². The van der Waals surface area contributed by atoms with Gasteiger partial charge in [0.2, 0.25) is 0 Å². The van der Waals surface area contributed by atoms with Crippen molar-refractivity contribution in [2.24, 2.45) is 0 Å². The minimum Gasteiger partial charge on any atom is -0.311 e. The molecule has 0 amide bonds. The van der Waals surface area contributed by atoms with Crippen LogP contribution in [0.5, 0.6) is 0 Å². The van der Waals surface area contributed by atoms with Crippen LogP contribution in [0.1, 0.15) is 44.7 Å². The van der Waals surface area contributed by atoms with E-state index in [1.165, 1.54) is 43.6 Å². The highest BCUT2D eigenvalue weighted by molar-refractivity contribution is 7.10. The third kappa shape index (κ3) is 3.10. The van der Waals surface area contributed by atoms with E-state index < -0.39 is 0 Å². The quantitative estimate of drug-likeness (QED) is 0.908. The zero-order valence-electron chi connectivity index (χ0n) is 11.3. The Kier molecular flexibility index (Phi) is 4.37. The van der Waals surface area contributed by atoms with Gasteiger partial charge in [-0.3, -0.25) is 4.90 Å². The van der Waals surface area contributed by atoms with Crippen molar-refractivity contribution in [1.29, 1.82) is 0 Å². The van der Waals surface area contributed by atoms with Gasteiger partial charge in [0.25, 0.3) is 0 Å². The lowest BCUT2D eigenvalue weighted by atomic mass is 9.98. The molecule has 1 aromatic heterocycles. The zero-order chi connectivity index (χ0) is 13.2. The predicted molar refractivity (Wildman–Crippen MR) is 78.6 cm³/mol. The normalized spacial score (nSPS) is 30.2. The number of hydrogen-bond donors (Lipinski definition) is 1. The van der Waals surface area contributed by atoms with Crippen molar-refractivity contribution in [3.05, 3.63) is 10.0 Å². The van der Waals surface area contributed by atoms with Gasteiger partial charge in [0.15, 0.2) is 0 Å². The van der Waals surface area contributed by atoms with Crippen molar-refractivity contribution in [2.75, 3.05) is 6.54 Å². The smallest absolute Gasteiger partial charge is 0.138 e. The molecule has 6 heteroatoms. The molecule has 0 aliphatic carbocycles. The number of nitrogens with one attached hydrogen (secondary N) is 1. The van der Waals surface area contributed by atoms with Crippen molar-refractivity contribution in [2.45, 2.75) is 63.7 Å². The summed E-state index contributed by atoms with van der Waals surface area (Å²) >= 11 is 7.44. The summed E-state index contributed by atoms with van der Waals surface area (Å²) in [7, 11) is 0. The van der Waals surface area contributed by atoms with Gasteiger partial charge >= 0.3 is 0 Å². The van der Waals surface area contributed by atoms with E-state index in [0.29, 0.717) is 6.04 Å². The van der Waals surface area contributed by atoms with E-state index in [2.05, 4.69) is 26.7 Å². The van der Waals surface area contributed by atoms with Gasteiger partial charge < -0.3 is 5.32 Å². The standard InChI is InChI=1S/C13H21ClN4S/c1-2-5-18(8-12-13(14)19-17-16-12)11-6-9-3-4-10(7-11)15-9/h9-11,15H,2-8H2,1H3. The van der Waals surface area contributed by atoms with Crippen molar-refractivity contribution < 1.29 is 0 Å². The molecule has 0 spiro atoms. The minimum absolute atomic E-state index is 0.677. The molecule has 2 aliphatic heterocycles. The monoisotopic (exact) mass is 300 g/mol. The minimum atomic E-state index is 0.677. The van der Waals surface area contributed by atoms with Crippen LogP contribution in [-0.4, -0.2) is 39.2 Å². The average Bonchev–Trinajstić information content (AvgIpc) is 2.95. The van der Waals surface area contributed by atoms with Gasteiger partial charge in [0, 0.05) is 36.2 Å². The molecule has 2 unspecified atom stereocenters. The highest BCUT2D eigenvalue weighted by atomic mass is 35.5. The summed E-state index contributed by atoms with van der Waals surface area (Å²) in [5.41, 5.74) is 0.950. The zero-order valence-corrected chi connectivity index (χ0v) is 12.9. The molecule has 2 aliphatic rings. The van der Waals surface area contributed by atoms with Crippen molar-refractivity contribution >= 4 is 23.1 Å². The maximum Gasteiger partial charge on any atom is 0.138 e. The second-order valence-corrected chi connectivity index (χ2v) is 7.08. The fraction of sp³-hybridized carbons (Fsp3) is 0.846. The number of hydrogen-bond acceptors (Lipinski definition) is 5. The van der Waals surface area contributed by atoms with Crippen LogP contribution in [0.4, 0.5) is 0 Å². The summed E-state index contributed by atoms with van der Waals surface area (Å²) < 4.78 is 4.69. The SMILES string of the molecule is CCCN(Cc1nnsc1Cl)C1CC2CCC(C1)N2. The third-order valence-corrected chi connectivity index (χ3v) is 5.32. The van der Waals surface area contributed by atoms with Gasteiger partial charge in [-0.25, -0.2) is 0 Å². The molecule has 2 fully saturated rings. The van der Waals surface area contributed by atoms with Crippen LogP contribution in [0.15, 0.2) is 0 Å². The van der Waals surface area contributed by atoms with Crippen LogP contribution in [0.3, 0.4) is 0 Å². The van der Waals surface area contributed by atoms with Crippen molar-refractivity contribution in [3.63, 3.8) is 0 Å². The molecule has 2 saturated heterocycles. The second kappa shape index (κ2) is 6.04. The van der Waals surface area contributed by atoms with Crippen LogP contribution in [0, 0.1) is 0 Å². The Bertz CT molecular complexity index is 413. The van der Waals surface area contributed by atoms with Gasteiger partial charge in [0.05, 0.1) is 0 Å². The Balaban J connectivity index is 1.68. The van der Waals surface area contributed by atoms with Gasteiger partial charge in [-0.05, 0) is 38.6 Å². The highest BCUT2D eigenvalue weighted by Crippen LogP contribution is 2.31. The molecule has 2 bridgehead atoms. The molecular formula is C13H21ClN4S. The van der Waals surface area contributed by atoms with Crippen LogP contribution < -0.4 is 5.32 Å². The maximum atomic E-state index is 6.15. The van der Waals surface area contributed by atoms with E-state index in [0.717, 1.165) is 35.2 Å². The largest absolute Gasteiger partial charge is 0.311 e. The Morgan fingerprint density at radius 2 is 2.11 bits per heavy atom. The van der Waals surface area contributed by atoms with Gasteiger partial charge in [0.1, 0.15) is 10.0 Å². The molecule has 2 atom stereocenters. The summed E-state index contributed by atoms with van der Waals surface area (Å²) in [6, 6.07) is 2.13. The summed E-state index contributed by atoms with van der Waals surface area (Å²) in [4.78, 5) is 2.56. The molecule has 1 aromatic rings. The van der Waals surface area contributed by atoms with Crippen molar-refractivity contribution in [3.8, 4) is 0 Å². The molecule has 0 aromatic carbocycles. The summed E-state index contributed by atoms with van der Waals surface area (Å²) in [6.07, 6.45) is 6.41. The number of nitrogens with zero attached hydrogens (tertiary/aromatic N) is 3. The molecule has 3 rings (SSSR count). The molecule has 3 heterocycles. The van der Waals surface area contributed by atoms with Gasteiger partial charge in [-0.15, -0.1) is 5.10 Å². The number of piperidine rings is 1. The summed E-state index contributed by atoms with van der Waals surface area (Å²) in [6.45, 7) is 4.22. The van der Waals surface area contributed by atoms with Gasteiger partial charge in [-0.2, -0.15) is 0 Å². The third-order valence-electron chi connectivity index (χ3n) is 4.34. The number of halogens is 1. The van der Waals surface area contributed by atoms with E-state index >= 15 is 0 Å². The number of fused-ring (bicyclic) bond motifs is 2. The Morgan fingerprint density at radius 3 is 2.68 bits per heavy atom. The van der Waals surface area contributed by atoms with E-state index in [9.17, 15) is 0 Å². The molecule has 19 heavy (non-hydrogen) atoms. The van der Waals surface area contributed by atoms with E-state index in [1.807, 2.05) is 0 Å². The van der Waals surface area contributed by atoms with E-state index in [1.54, 1.807) is 0 Å². The van der Waals surface area contributed by atoms with Crippen LogP contribution >= 0.6 is 23.1 Å². The molecular weight excluding hydrogens is 280 g/mol. The second-order valence-electron chi connectivity index (χ2n) is 5.73. The fourth-order valence-electron chi connectivity index (χ4n) is 3.49. The predicted octanol–water partition coefficient (Wildman–Crippen LogP) is 2.69. The topological polar surface area (TPSA) is 41.1 Å². The fourth-order valence-corrected chi connectivity index (χ4v) is 4.10. The number of aromatic nitrogens is 2. The Morgan fingerprint density at radius 1 is 1.37 bits per heavy atom. The number of rotatable bonds is 5. The van der Waals surface area contributed by atoms with Crippen LogP contribution in [0.2, 0.25) is 4.34 Å². The van der Waals surface area contributed by atoms with Gasteiger partial charge in [-0.1, -0.05) is 23.0 Å². The first kappa shape index (κ1) is 13.7. The average molecular weight is 301 g/mol. The lowest BCUT2D eigenvalue weighted by Crippen LogP contribution is -2.48. The van der Waals surface area contributed by atoms with Crippen LogP contribution in [0.25, 0.3) is 0 Å². The lowest BCUT2D eigenvalue weighted by molar-refractivity contribution is 0.132. The molecule has 0 saturated carbocycles. The molecule has 4 nitrogen and oxygen atoms in total. The maximum absolute atomic E-state index is 6.15. The highest BCUT2D eigenvalue weighted by Gasteiger charge is 2.36. The molecule has 106 valence electrons. The first-order valence-corrected chi connectivity index (χ1v) is 8.38. The van der Waals surface area contributed by atoms with Crippen molar-refractivity contribution in [1.82, 2.24) is 19.8 Å². The summed E-state index contributed by atoms with van der Waals surface area (Å²) in [5, 5.41) is 7.87. The first-order valence-electron chi connectivity index (χ1n) is 7.23. The Hall–Kier alpha value is -0.230. The summed E-state index contributed by atoms with van der Waals surface area (Å²) in [5.74, 6) is 0.